The number of nitrogens with zero attached hydrogens (tertiary/aromatic N) is 2. The number of hydrogen-bond donors (Lipinski definition) is 0. The van der Waals surface area contributed by atoms with Gasteiger partial charge in [-0.05, 0) is 25.8 Å². The second-order valence-corrected chi connectivity index (χ2v) is 5.51. The minimum atomic E-state index is -0.477. The van der Waals surface area contributed by atoms with Gasteiger partial charge < -0.3 is 9.64 Å². The number of ether oxygens (including phenoxy) is 1. The number of nitro groups is 1. The third kappa shape index (κ3) is 4.19. The molecule has 1 aromatic rings. The van der Waals surface area contributed by atoms with Gasteiger partial charge in [0, 0.05) is 18.7 Å². The Labute approximate surface area is 130 Å². The van der Waals surface area contributed by atoms with E-state index < -0.39 is 4.92 Å². The van der Waals surface area contributed by atoms with Crippen LogP contribution in [0.1, 0.15) is 39.0 Å². The molecule has 1 fully saturated rings. The van der Waals surface area contributed by atoms with Crippen LogP contribution in [0, 0.1) is 10.1 Å². The van der Waals surface area contributed by atoms with Gasteiger partial charge in [-0.25, -0.2) is 0 Å². The summed E-state index contributed by atoms with van der Waals surface area (Å²) in [6.45, 7) is 2.56. The number of carbonyl (C=O) groups excluding carboxylic acids is 1. The Hall–Kier alpha value is -2.11. The quantitative estimate of drug-likeness (QED) is 0.598. The van der Waals surface area contributed by atoms with Crippen LogP contribution < -0.4 is 4.74 Å². The van der Waals surface area contributed by atoms with Gasteiger partial charge >= 0.3 is 0 Å². The first-order valence-corrected chi connectivity index (χ1v) is 7.78. The third-order valence-electron chi connectivity index (χ3n) is 4.07. The monoisotopic (exact) mass is 306 g/mol. The van der Waals surface area contributed by atoms with Crippen molar-refractivity contribution in [2.75, 3.05) is 13.2 Å². The first-order chi connectivity index (χ1) is 10.6. The van der Waals surface area contributed by atoms with E-state index >= 15 is 0 Å². The second kappa shape index (κ2) is 7.77. The Morgan fingerprint density at radius 3 is 2.73 bits per heavy atom. The van der Waals surface area contributed by atoms with E-state index in [1.165, 1.54) is 31.4 Å². The topological polar surface area (TPSA) is 72.7 Å². The highest BCUT2D eigenvalue weighted by molar-refractivity contribution is 5.78. The largest absolute Gasteiger partial charge is 0.484 e. The van der Waals surface area contributed by atoms with Crippen LogP contribution in [0.2, 0.25) is 0 Å². The van der Waals surface area contributed by atoms with Crippen molar-refractivity contribution >= 4 is 11.6 Å². The predicted molar refractivity (Wildman–Crippen MR) is 82.9 cm³/mol. The molecule has 1 aliphatic carbocycles. The van der Waals surface area contributed by atoms with Crippen LogP contribution in [-0.2, 0) is 4.79 Å². The first kappa shape index (κ1) is 16.3. The van der Waals surface area contributed by atoms with Crippen LogP contribution in [0.25, 0.3) is 0 Å². The molecule has 0 radical (unpaired) electrons. The Morgan fingerprint density at radius 2 is 2.09 bits per heavy atom. The van der Waals surface area contributed by atoms with Gasteiger partial charge in [0.25, 0.3) is 11.6 Å². The fraction of sp³-hybridized carbons (Fsp3) is 0.562. The third-order valence-corrected chi connectivity index (χ3v) is 4.07. The average Bonchev–Trinajstić information content (AvgIpc) is 2.55. The van der Waals surface area contributed by atoms with E-state index in [9.17, 15) is 14.9 Å². The normalized spacial score (nSPS) is 15.3. The number of likely N-dealkylation sites (N-methyl/N-ethyl adjacent to an activating group) is 1. The molecule has 1 aromatic carbocycles. The molecule has 22 heavy (non-hydrogen) atoms. The summed E-state index contributed by atoms with van der Waals surface area (Å²) in [5, 5.41) is 10.7. The average molecular weight is 306 g/mol. The van der Waals surface area contributed by atoms with E-state index in [0.29, 0.717) is 18.3 Å². The summed E-state index contributed by atoms with van der Waals surface area (Å²) in [6, 6.07) is 6.22. The summed E-state index contributed by atoms with van der Waals surface area (Å²) in [5.74, 6) is 0.295. The highest BCUT2D eigenvalue weighted by Crippen LogP contribution is 2.23. The van der Waals surface area contributed by atoms with Gasteiger partial charge in [-0.15, -0.1) is 0 Å². The summed E-state index contributed by atoms with van der Waals surface area (Å²) in [4.78, 5) is 24.5. The molecular weight excluding hydrogens is 284 g/mol. The van der Waals surface area contributed by atoms with Crippen LogP contribution in [0.4, 0.5) is 5.69 Å². The molecule has 120 valence electrons. The van der Waals surface area contributed by atoms with Crippen molar-refractivity contribution in [2.45, 2.75) is 45.1 Å². The van der Waals surface area contributed by atoms with Gasteiger partial charge in [0.05, 0.1) is 11.0 Å². The van der Waals surface area contributed by atoms with Crippen LogP contribution >= 0.6 is 0 Å². The van der Waals surface area contributed by atoms with Gasteiger partial charge in [0.15, 0.2) is 6.61 Å². The van der Waals surface area contributed by atoms with Crippen molar-refractivity contribution in [3.63, 3.8) is 0 Å². The van der Waals surface area contributed by atoms with E-state index in [0.717, 1.165) is 12.8 Å². The summed E-state index contributed by atoms with van der Waals surface area (Å²) in [6.07, 6.45) is 5.68. The Balaban J connectivity index is 1.93. The lowest BCUT2D eigenvalue weighted by molar-refractivity contribution is -0.384. The maximum absolute atomic E-state index is 12.3. The van der Waals surface area contributed by atoms with Crippen LogP contribution in [0.5, 0.6) is 5.75 Å². The molecule has 0 aliphatic heterocycles. The number of hydrogen-bond acceptors (Lipinski definition) is 4. The maximum Gasteiger partial charge on any atom is 0.273 e. The van der Waals surface area contributed by atoms with Crippen LogP contribution in [-0.4, -0.2) is 34.9 Å². The Morgan fingerprint density at radius 1 is 1.36 bits per heavy atom. The zero-order valence-corrected chi connectivity index (χ0v) is 12.9. The molecule has 0 heterocycles. The summed E-state index contributed by atoms with van der Waals surface area (Å²) < 4.78 is 5.44. The standard InChI is InChI=1S/C16H22N2O4/c1-2-17(13-7-4-3-5-8-13)16(19)12-22-15-10-6-9-14(11-15)18(20)21/h6,9-11,13H,2-5,7-8,12H2,1H3. The number of non-ortho nitro benzene ring substituents is 1. The number of benzene rings is 1. The molecule has 0 spiro atoms. The summed E-state index contributed by atoms with van der Waals surface area (Å²) in [5.41, 5.74) is -0.0374. The number of nitro benzene ring substituents is 1. The number of rotatable bonds is 6. The van der Waals surface area contributed by atoms with Crippen molar-refractivity contribution in [1.29, 1.82) is 0 Å². The fourth-order valence-corrected chi connectivity index (χ4v) is 2.95. The van der Waals surface area contributed by atoms with E-state index in [-0.39, 0.29) is 18.2 Å². The van der Waals surface area contributed by atoms with Gasteiger partial charge in [0.1, 0.15) is 5.75 Å². The lowest BCUT2D eigenvalue weighted by Gasteiger charge is -2.33. The van der Waals surface area contributed by atoms with Gasteiger partial charge in [-0.2, -0.15) is 0 Å². The minimum absolute atomic E-state index is 0.0374. The maximum atomic E-state index is 12.3. The molecule has 2 rings (SSSR count). The molecule has 0 saturated heterocycles. The molecule has 0 aromatic heterocycles. The van der Waals surface area contributed by atoms with Crippen LogP contribution in [0.15, 0.2) is 24.3 Å². The second-order valence-electron chi connectivity index (χ2n) is 5.51. The predicted octanol–water partition coefficient (Wildman–Crippen LogP) is 3.15. The summed E-state index contributed by atoms with van der Waals surface area (Å²) in [7, 11) is 0. The van der Waals surface area contributed by atoms with E-state index in [1.54, 1.807) is 12.1 Å². The Kier molecular flexibility index (Phi) is 5.75. The van der Waals surface area contributed by atoms with Crippen molar-refractivity contribution in [3.05, 3.63) is 34.4 Å². The van der Waals surface area contributed by atoms with Crippen molar-refractivity contribution < 1.29 is 14.5 Å². The molecule has 0 atom stereocenters. The Bertz CT molecular complexity index is 527. The van der Waals surface area contributed by atoms with E-state index in [1.807, 2.05) is 11.8 Å². The highest BCUT2D eigenvalue weighted by Gasteiger charge is 2.24. The molecule has 6 nitrogen and oxygen atoms in total. The lowest BCUT2D eigenvalue weighted by atomic mass is 9.94. The zero-order valence-electron chi connectivity index (χ0n) is 12.9. The molecule has 6 heteroatoms. The van der Waals surface area contributed by atoms with Gasteiger partial charge in [-0.3, -0.25) is 14.9 Å². The van der Waals surface area contributed by atoms with Crippen molar-refractivity contribution in [2.24, 2.45) is 0 Å². The molecule has 1 saturated carbocycles. The molecule has 0 unspecified atom stereocenters. The zero-order chi connectivity index (χ0) is 15.9. The van der Waals surface area contributed by atoms with E-state index in [2.05, 4.69) is 0 Å². The molecule has 0 N–H and O–H groups in total. The minimum Gasteiger partial charge on any atom is -0.484 e. The SMILES string of the molecule is CCN(C(=O)COc1cccc([N+](=O)[O-])c1)C1CCCCC1. The number of amides is 1. The van der Waals surface area contributed by atoms with E-state index in [4.69, 9.17) is 4.74 Å². The van der Waals surface area contributed by atoms with Crippen molar-refractivity contribution in [3.8, 4) is 5.75 Å². The molecule has 0 bridgehead atoms. The lowest BCUT2D eigenvalue weighted by Crippen LogP contribution is -2.43. The van der Waals surface area contributed by atoms with Gasteiger partial charge in [-0.1, -0.05) is 25.3 Å². The molecule has 1 amide bonds. The smallest absolute Gasteiger partial charge is 0.273 e. The highest BCUT2D eigenvalue weighted by atomic mass is 16.6. The van der Waals surface area contributed by atoms with Gasteiger partial charge in [0.2, 0.25) is 0 Å². The van der Waals surface area contributed by atoms with Crippen molar-refractivity contribution in [1.82, 2.24) is 4.90 Å². The molecular formula is C16H22N2O4. The fourth-order valence-electron chi connectivity index (χ4n) is 2.95. The first-order valence-electron chi connectivity index (χ1n) is 7.78. The van der Waals surface area contributed by atoms with Crippen LogP contribution in [0.3, 0.4) is 0 Å². The number of carbonyl (C=O) groups is 1. The molecule has 1 aliphatic rings. The summed E-state index contributed by atoms with van der Waals surface area (Å²) >= 11 is 0.